The minimum absolute atomic E-state index is 0.0472. The molecule has 1 aliphatic heterocycles. The number of alkyl halides is 1. The molecule has 0 aliphatic carbocycles. The third-order valence-electron chi connectivity index (χ3n) is 3.19. The molecule has 20 heavy (non-hydrogen) atoms. The van der Waals surface area contributed by atoms with E-state index in [2.05, 4.69) is 10.6 Å². The lowest BCUT2D eigenvalue weighted by Gasteiger charge is -2.19. The highest BCUT2D eigenvalue weighted by Crippen LogP contribution is 2.27. The van der Waals surface area contributed by atoms with Crippen molar-refractivity contribution < 1.29 is 18.7 Å². The molecule has 0 spiro atoms. The number of anilines is 1. The molecule has 1 heterocycles. The number of benzene rings is 1. The molecule has 1 aromatic carbocycles. The van der Waals surface area contributed by atoms with E-state index in [1.165, 1.54) is 0 Å². The van der Waals surface area contributed by atoms with Crippen LogP contribution in [-0.2, 0) is 9.53 Å². The Kier molecular flexibility index (Phi) is 4.92. The Morgan fingerprint density at radius 1 is 1.45 bits per heavy atom. The van der Waals surface area contributed by atoms with Gasteiger partial charge < -0.3 is 20.1 Å². The van der Waals surface area contributed by atoms with E-state index in [1.54, 1.807) is 31.4 Å². The summed E-state index contributed by atoms with van der Waals surface area (Å²) in [5.74, 6) is -0.127. The smallest absolute Gasteiger partial charge is 0.263 e. The van der Waals surface area contributed by atoms with Crippen LogP contribution in [0.3, 0.4) is 0 Å². The summed E-state index contributed by atoms with van der Waals surface area (Å²) in [6, 6.07) is 6.96. The number of carbonyl (C=O) groups is 1. The minimum Gasteiger partial charge on any atom is -0.489 e. The van der Waals surface area contributed by atoms with Gasteiger partial charge in [0.05, 0.1) is 12.3 Å². The zero-order valence-electron chi connectivity index (χ0n) is 11.4. The first-order valence-electron chi connectivity index (χ1n) is 6.57. The molecule has 1 amide bonds. The predicted molar refractivity (Wildman–Crippen MR) is 73.8 cm³/mol. The molecule has 1 fully saturated rings. The second-order valence-electron chi connectivity index (χ2n) is 4.68. The quantitative estimate of drug-likeness (QED) is 0.773. The number of nitrogens with one attached hydrogen (secondary N) is 2. The minimum atomic E-state index is -1.85. The molecule has 6 heteroatoms. The Bertz CT molecular complexity index is 461. The van der Waals surface area contributed by atoms with Gasteiger partial charge in [-0.25, -0.2) is 4.39 Å². The van der Waals surface area contributed by atoms with Gasteiger partial charge in [0.15, 0.2) is 0 Å². The third-order valence-corrected chi connectivity index (χ3v) is 3.19. The summed E-state index contributed by atoms with van der Waals surface area (Å²) in [6.07, 6.45) is 0.186. The number of halogens is 1. The molecule has 0 bridgehead atoms. The summed E-state index contributed by atoms with van der Waals surface area (Å²) in [5.41, 5.74) is -1.38. The molecule has 1 aromatic rings. The lowest BCUT2D eigenvalue weighted by molar-refractivity contribution is -0.126. The van der Waals surface area contributed by atoms with Crippen LogP contribution in [0.1, 0.15) is 6.42 Å². The van der Waals surface area contributed by atoms with Crippen LogP contribution in [0.25, 0.3) is 0 Å². The van der Waals surface area contributed by atoms with Crippen molar-refractivity contribution in [2.24, 2.45) is 0 Å². The lowest BCUT2D eigenvalue weighted by Crippen LogP contribution is -2.40. The Morgan fingerprint density at radius 3 is 2.95 bits per heavy atom. The predicted octanol–water partition coefficient (Wildman–Crippen LogP) is 1.35. The normalized spacial score (nSPS) is 21.7. The second kappa shape index (κ2) is 6.67. The molecule has 2 N–H and O–H groups in total. The standard InChI is InChI=1S/C14H19FN2O3/c1-19-8-9-20-12-5-3-2-4-11(12)17-13(18)14(15)6-7-16-10-14/h2-5,16H,6-10H2,1H3,(H,17,18). The Balaban J connectivity index is 2.03. The lowest BCUT2D eigenvalue weighted by atomic mass is 10.0. The van der Waals surface area contributed by atoms with Gasteiger partial charge in [0.25, 0.3) is 5.91 Å². The van der Waals surface area contributed by atoms with Gasteiger partial charge in [-0.05, 0) is 18.7 Å². The van der Waals surface area contributed by atoms with Gasteiger partial charge in [-0.3, -0.25) is 4.79 Å². The largest absolute Gasteiger partial charge is 0.489 e. The number of amides is 1. The first kappa shape index (κ1) is 14.7. The average molecular weight is 282 g/mol. The molecular formula is C14H19FN2O3. The van der Waals surface area contributed by atoms with Crippen molar-refractivity contribution in [1.29, 1.82) is 0 Å². The van der Waals surface area contributed by atoms with Crippen molar-refractivity contribution in [2.45, 2.75) is 12.1 Å². The van der Waals surface area contributed by atoms with Gasteiger partial charge >= 0.3 is 0 Å². The van der Waals surface area contributed by atoms with Crippen molar-refractivity contribution in [2.75, 3.05) is 38.7 Å². The van der Waals surface area contributed by atoms with Crippen LogP contribution in [0.15, 0.2) is 24.3 Å². The number of ether oxygens (including phenoxy) is 2. The fourth-order valence-electron chi connectivity index (χ4n) is 2.02. The summed E-state index contributed by atoms with van der Waals surface area (Å²) >= 11 is 0. The van der Waals surface area contributed by atoms with Crippen molar-refractivity contribution in [3.05, 3.63) is 24.3 Å². The topological polar surface area (TPSA) is 59.6 Å². The molecule has 1 unspecified atom stereocenters. The van der Waals surface area contributed by atoms with E-state index in [4.69, 9.17) is 9.47 Å². The average Bonchev–Trinajstić information content (AvgIpc) is 2.89. The summed E-state index contributed by atoms with van der Waals surface area (Å²) in [6.45, 7) is 1.37. The molecule has 5 nitrogen and oxygen atoms in total. The van der Waals surface area contributed by atoms with Gasteiger partial charge in [0.1, 0.15) is 12.4 Å². The highest BCUT2D eigenvalue weighted by atomic mass is 19.1. The van der Waals surface area contributed by atoms with E-state index in [9.17, 15) is 9.18 Å². The molecule has 110 valence electrons. The van der Waals surface area contributed by atoms with Crippen molar-refractivity contribution in [3.8, 4) is 5.75 Å². The third kappa shape index (κ3) is 3.46. The molecule has 1 saturated heterocycles. The SMILES string of the molecule is COCCOc1ccccc1NC(=O)C1(F)CCNC1. The van der Waals surface area contributed by atoms with Crippen LogP contribution in [0.2, 0.25) is 0 Å². The van der Waals surface area contributed by atoms with E-state index >= 15 is 0 Å². The van der Waals surface area contributed by atoms with Crippen LogP contribution in [0.5, 0.6) is 5.75 Å². The highest BCUT2D eigenvalue weighted by Gasteiger charge is 2.41. The number of methoxy groups -OCH3 is 1. The monoisotopic (exact) mass is 282 g/mol. The zero-order chi connectivity index (χ0) is 14.4. The molecule has 1 aliphatic rings. The van der Waals surface area contributed by atoms with Crippen molar-refractivity contribution in [3.63, 3.8) is 0 Å². The van der Waals surface area contributed by atoms with Crippen LogP contribution >= 0.6 is 0 Å². The number of hydrogen-bond donors (Lipinski definition) is 2. The maximum atomic E-state index is 14.3. The van der Waals surface area contributed by atoms with Crippen molar-refractivity contribution >= 4 is 11.6 Å². The second-order valence-corrected chi connectivity index (χ2v) is 4.68. The van der Waals surface area contributed by atoms with E-state index < -0.39 is 11.6 Å². The van der Waals surface area contributed by atoms with Gasteiger partial charge in [-0.1, -0.05) is 12.1 Å². The Morgan fingerprint density at radius 2 is 2.25 bits per heavy atom. The number of hydrogen-bond acceptors (Lipinski definition) is 4. The molecule has 0 radical (unpaired) electrons. The first-order chi connectivity index (χ1) is 9.65. The number of para-hydroxylation sites is 2. The molecule has 2 rings (SSSR count). The molecule has 0 saturated carbocycles. The molecule has 0 aromatic heterocycles. The summed E-state index contributed by atoms with van der Waals surface area (Å²) in [4.78, 5) is 12.0. The fraction of sp³-hybridized carbons (Fsp3) is 0.500. The number of carbonyl (C=O) groups excluding carboxylic acids is 1. The number of rotatable bonds is 6. The first-order valence-corrected chi connectivity index (χ1v) is 6.57. The Hall–Kier alpha value is -1.66. The van der Waals surface area contributed by atoms with Crippen LogP contribution in [-0.4, -0.2) is 45.0 Å². The van der Waals surface area contributed by atoms with E-state index in [-0.39, 0.29) is 13.0 Å². The van der Waals surface area contributed by atoms with E-state index in [0.717, 1.165) is 0 Å². The van der Waals surface area contributed by atoms with Gasteiger partial charge in [-0.15, -0.1) is 0 Å². The van der Waals surface area contributed by atoms with Gasteiger partial charge in [0, 0.05) is 20.1 Å². The highest BCUT2D eigenvalue weighted by molar-refractivity contribution is 5.98. The maximum absolute atomic E-state index is 14.3. The Labute approximate surface area is 117 Å². The van der Waals surface area contributed by atoms with E-state index in [1.807, 2.05) is 0 Å². The van der Waals surface area contributed by atoms with Crippen molar-refractivity contribution in [1.82, 2.24) is 5.32 Å². The van der Waals surface area contributed by atoms with Crippen LogP contribution < -0.4 is 15.4 Å². The zero-order valence-corrected chi connectivity index (χ0v) is 11.4. The summed E-state index contributed by atoms with van der Waals surface area (Å²) in [5, 5.41) is 5.45. The fourth-order valence-corrected chi connectivity index (χ4v) is 2.02. The van der Waals surface area contributed by atoms with E-state index in [0.29, 0.717) is 31.2 Å². The molecule has 1 atom stereocenters. The molecular weight excluding hydrogens is 263 g/mol. The summed E-state index contributed by atoms with van der Waals surface area (Å²) in [7, 11) is 1.58. The van der Waals surface area contributed by atoms with Crippen LogP contribution in [0.4, 0.5) is 10.1 Å². The van der Waals surface area contributed by atoms with Gasteiger partial charge in [0.2, 0.25) is 5.67 Å². The van der Waals surface area contributed by atoms with Gasteiger partial charge in [-0.2, -0.15) is 0 Å². The van der Waals surface area contributed by atoms with Crippen LogP contribution in [0, 0.1) is 0 Å². The maximum Gasteiger partial charge on any atom is 0.263 e. The summed E-state index contributed by atoms with van der Waals surface area (Å²) < 4.78 is 24.7.